The molecule has 0 aromatic carbocycles. The molecule has 0 bridgehead atoms. The highest BCUT2D eigenvalue weighted by Crippen LogP contribution is 2.31. The van der Waals surface area contributed by atoms with Gasteiger partial charge in [-0.15, -0.1) is 0 Å². The van der Waals surface area contributed by atoms with E-state index >= 15 is 0 Å². The molecule has 2 fully saturated rings. The summed E-state index contributed by atoms with van der Waals surface area (Å²) in [5, 5.41) is 3.56. The van der Waals surface area contributed by atoms with Crippen LogP contribution < -0.4 is 5.32 Å². The summed E-state index contributed by atoms with van der Waals surface area (Å²) in [5.41, 5.74) is 0. The molecule has 5 atom stereocenters. The summed E-state index contributed by atoms with van der Waals surface area (Å²) >= 11 is 0. The molecule has 1 heterocycles. The van der Waals surface area contributed by atoms with Crippen molar-refractivity contribution in [2.75, 3.05) is 20.1 Å². The number of nitrogens with one attached hydrogen (secondary N) is 1. The van der Waals surface area contributed by atoms with Crippen LogP contribution in [0.1, 0.15) is 52.9 Å². The lowest BCUT2D eigenvalue weighted by molar-refractivity contribution is 0.0770. The Labute approximate surface area is 114 Å². The summed E-state index contributed by atoms with van der Waals surface area (Å²) < 4.78 is 0. The Morgan fingerprint density at radius 1 is 1.00 bits per heavy atom. The lowest BCUT2D eigenvalue weighted by Crippen LogP contribution is -2.49. The van der Waals surface area contributed by atoms with Gasteiger partial charge in [0.1, 0.15) is 0 Å². The fourth-order valence-corrected chi connectivity index (χ4v) is 4.02. The number of likely N-dealkylation sites (tertiary alicyclic amines) is 1. The number of piperidine rings is 1. The highest BCUT2D eigenvalue weighted by atomic mass is 15.2. The SMILES string of the molecule is CNC1CCC(C)CC1CN1CC(C)CCC1C. The van der Waals surface area contributed by atoms with E-state index in [9.17, 15) is 0 Å². The molecule has 18 heavy (non-hydrogen) atoms. The molecule has 2 heteroatoms. The Balaban J connectivity index is 1.92. The standard InChI is InChI=1S/C16H32N2/c1-12-6-8-16(17-4)15(9-12)11-18-10-13(2)5-7-14(18)3/h12-17H,5-11H2,1-4H3. The normalized spacial score (nSPS) is 43.0. The fraction of sp³-hybridized carbons (Fsp3) is 1.00. The van der Waals surface area contributed by atoms with Crippen molar-refractivity contribution in [1.82, 2.24) is 10.2 Å². The third kappa shape index (κ3) is 3.48. The lowest BCUT2D eigenvalue weighted by Gasteiger charge is -2.43. The fourth-order valence-electron chi connectivity index (χ4n) is 4.02. The van der Waals surface area contributed by atoms with Crippen molar-refractivity contribution in [2.45, 2.75) is 65.0 Å². The van der Waals surface area contributed by atoms with E-state index in [-0.39, 0.29) is 0 Å². The first-order valence-electron chi connectivity index (χ1n) is 8.01. The molecule has 1 saturated carbocycles. The van der Waals surface area contributed by atoms with Gasteiger partial charge in [0, 0.05) is 25.2 Å². The van der Waals surface area contributed by atoms with Crippen molar-refractivity contribution in [2.24, 2.45) is 17.8 Å². The zero-order chi connectivity index (χ0) is 13.1. The minimum atomic E-state index is 0.755. The Bertz CT molecular complexity index is 253. The average molecular weight is 252 g/mol. The highest BCUT2D eigenvalue weighted by molar-refractivity contribution is 4.87. The van der Waals surface area contributed by atoms with E-state index in [2.05, 4.69) is 38.0 Å². The maximum atomic E-state index is 3.56. The van der Waals surface area contributed by atoms with E-state index in [1.165, 1.54) is 45.2 Å². The maximum Gasteiger partial charge on any atom is 0.0105 e. The van der Waals surface area contributed by atoms with Crippen molar-refractivity contribution < 1.29 is 0 Å². The Morgan fingerprint density at radius 2 is 1.72 bits per heavy atom. The molecule has 1 aliphatic heterocycles. The van der Waals surface area contributed by atoms with E-state index in [1.54, 1.807) is 0 Å². The summed E-state index contributed by atoms with van der Waals surface area (Å²) in [7, 11) is 2.15. The zero-order valence-electron chi connectivity index (χ0n) is 12.8. The average Bonchev–Trinajstić information content (AvgIpc) is 2.34. The van der Waals surface area contributed by atoms with Crippen LogP contribution in [-0.4, -0.2) is 37.1 Å². The number of rotatable bonds is 3. The predicted molar refractivity (Wildman–Crippen MR) is 78.8 cm³/mol. The minimum absolute atomic E-state index is 0.755. The Hall–Kier alpha value is -0.0800. The number of hydrogen-bond donors (Lipinski definition) is 1. The van der Waals surface area contributed by atoms with Crippen molar-refractivity contribution >= 4 is 0 Å². The Morgan fingerprint density at radius 3 is 2.44 bits per heavy atom. The summed E-state index contributed by atoms with van der Waals surface area (Å²) in [6.45, 7) is 9.91. The van der Waals surface area contributed by atoms with Crippen molar-refractivity contribution in [3.63, 3.8) is 0 Å². The topological polar surface area (TPSA) is 15.3 Å². The summed E-state index contributed by atoms with van der Waals surface area (Å²) in [4.78, 5) is 2.77. The van der Waals surface area contributed by atoms with Gasteiger partial charge in [-0.2, -0.15) is 0 Å². The number of hydrogen-bond acceptors (Lipinski definition) is 2. The van der Waals surface area contributed by atoms with E-state index in [4.69, 9.17) is 0 Å². The van der Waals surface area contributed by atoms with Gasteiger partial charge in [0.15, 0.2) is 0 Å². The van der Waals surface area contributed by atoms with Crippen LogP contribution in [0, 0.1) is 17.8 Å². The van der Waals surface area contributed by atoms with Crippen LogP contribution in [0.3, 0.4) is 0 Å². The predicted octanol–water partition coefficient (Wildman–Crippen LogP) is 3.13. The number of nitrogens with zero attached hydrogens (tertiary/aromatic N) is 1. The molecular weight excluding hydrogens is 220 g/mol. The van der Waals surface area contributed by atoms with Crippen molar-refractivity contribution in [1.29, 1.82) is 0 Å². The van der Waals surface area contributed by atoms with Crippen LogP contribution in [0.2, 0.25) is 0 Å². The van der Waals surface area contributed by atoms with Gasteiger partial charge in [0.25, 0.3) is 0 Å². The molecule has 1 N–H and O–H groups in total. The van der Waals surface area contributed by atoms with Gasteiger partial charge in [-0.25, -0.2) is 0 Å². The molecule has 1 saturated heterocycles. The van der Waals surface area contributed by atoms with Gasteiger partial charge < -0.3 is 10.2 Å². The van der Waals surface area contributed by atoms with E-state index < -0.39 is 0 Å². The second-order valence-electron chi connectivity index (χ2n) is 7.06. The van der Waals surface area contributed by atoms with Crippen molar-refractivity contribution in [3.05, 3.63) is 0 Å². The molecule has 106 valence electrons. The maximum absolute atomic E-state index is 3.56. The van der Waals surface area contributed by atoms with Crippen molar-refractivity contribution in [3.8, 4) is 0 Å². The molecule has 0 aromatic heterocycles. The van der Waals surface area contributed by atoms with Gasteiger partial charge in [0.2, 0.25) is 0 Å². The van der Waals surface area contributed by atoms with Crippen LogP contribution >= 0.6 is 0 Å². The zero-order valence-corrected chi connectivity index (χ0v) is 12.8. The molecule has 2 rings (SSSR count). The highest BCUT2D eigenvalue weighted by Gasteiger charge is 2.31. The van der Waals surface area contributed by atoms with Gasteiger partial charge >= 0.3 is 0 Å². The van der Waals surface area contributed by atoms with E-state index in [0.29, 0.717) is 0 Å². The van der Waals surface area contributed by atoms with Crippen LogP contribution in [0.15, 0.2) is 0 Å². The molecule has 2 aliphatic rings. The molecule has 1 aliphatic carbocycles. The first-order chi connectivity index (χ1) is 8.60. The first kappa shape index (κ1) is 14.3. The molecule has 0 amide bonds. The van der Waals surface area contributed by atoms with E-state index in [1.807, 2.05) is 0 Å². The third-order valence-corrected chi connectivity index (χ3v) is 5.33. The summed E-state index contributed by atoms with van der Waals surface area (Å²) in [5.74, 6) is 2.69. The molecule has 0 aromatic rings. The van der Waals surface area contributed by atoms with Crippen LogP contribution in [0.5, 0.6) is 0 Å². The molecule has 0 radical (unpaired) electrons. The lowest BCUT2D eigenvalue weighted by atomic mass is 9.78. The van der Waals surface area contributed by atoms with Gasteiger partial charge in [0.05, 0.1) is 0 Å². The van der Waals surface area contributed by atoms with Crippen LogP contribution in [-0.2, 0) is 0 Å². The van der Waals surface area contributed by atoms with E-state index in [0.717, 1.165) is 29.8 Å². The molecule has 2 nitrogen and oxygen atoms in total. The molecule has 5 unspecified atom stereocenters. The first-order valence-corrected chi connectivity index (χ1v) is 8.01. The summed E-state index contributed by atoms with van der Waals surface area (Å²) in [6, 6.07) is 1.56. The van der Waals surface area contributed by atoms with Gasteiger partial charge in [-0.3, -0.25) is 0 Å². The molecule has 0 spiro atoms. The van der Waals surface area contributed by atoms with Crippen LogP contribution in [0.25, 0.3) is 0 Å². The monoisotopic (exact) mass is 252 g/mol. The summed E-state index contributed by atoms with van der Waals surface area (Å²) in [6.07, 6.45) is 7.03. The molecular formula is C16H32N2. The van der Waals surface area contributed by atoms with Gasteiger partial charge in [-0.05, 0) is 63.8 Å². The third-order valence-electron chi connectivity index (χ3n) is 5.33. The smallest absolute Gasteiger partial charge is 0.0105 e. The second kappa shape index (κ2) is 6.38. The second-order valence-corrected chi connectivity index (χ2v) is 7.06. The minimum Gasteiger partial charge on any atom is -0.317 e. The quantitative estimate of drug-likeness (QED) is 0.830. The largest absolute Gasteiger partial charge is 0.317 e. The van der Waals surface area contributed by atoms with Gasteiger partial charge in [-0.1, -0.05) is 13.8 Å². The van der Waals surface area contributed by atoms with Crippen LogP contribution in [0.4, 0.5) is 0 Å². The Kier molecular flexibility index (Phi) is 5.08.